The third kappa shape index (κ3) is 3.79. The van der Waals surface area contributed by atoms with E-state index >= 15 is 0 Å². The number of pyridine rings is 1. The highest BCUT2D eigenvalue weighted by Crippen LogP contribution is 2.07. The molecule has 0 radical (unpaired) electrons. The van der Waals surface area contributed by atoms with Crippen LogP contribution in [-0.4, -0.2) is 10.9 Å². The highest BCUT2D eigenvalue weighted by atomic mass is 16.1. The van der Waals surface area contributed by atoms with Crippen LogP contribution < -0.4 is 5.32 Å². The number of anilines is 1. The van der Waals surface area contributed by atoms with Gasteiger partial charge in [0.2, 0.25) is 5.91 Å². The number of aromatic nitrogens is 1. The molecule has 4 heteroatoms. The quantitative estimate of drug-likeness (QED) is 0.850. The molecule has 0 unspecified atom stereocenters. The van der Waals surface area contributed by atoms with Gasteiger partial charge in [-0.1, -0.05) is 12.1 Å². The maximum absolute atomic E-state index is 11.6. The van der Waals surface area contributed by atoms with Gasteiger partial charge >= 0.3 is 0 Å². The third-order valence-corrected chi connectivity index (χ3v) is 2.37. The van der Waals surface area contributed by atoms with Gasteiger partial charge in [0, 0.05) is 12.3 Å². The molecule has 92 valence electrons. The lowest BCUT2D eigenvalue weighted by Gasteiger charge is -2.00. The Labute approximate surface area is 111 Å². The van der Waals surface area contributed by atoms with Gasteiger partial charge in [-0.3, -0.25) is 9.78 Å². The van der Waals surface area contributed by atoms with Crippen LogP contribution >= 0.6 is 0 Å². The lowest BCUT2D eigenvalue weighted by atomic mass is 10.1. The molecule has 0 aliphatic heterocycles. The Hall–Kier alpha value is -2.93. The molecule has 0 saturated heterocycles. The molecule has 0 aliphatic carbocycles. The standard InChI is InChI=1S/C15H11N3O/c16-10-13-4-1-3-12(9-13)6-7-15(19)18-14-5-2-8-17-11-14/h1-9,11H,(H,18,19). The maximum atomic E-state index is 11.6. The zero-order valence-corrected chi connectivity index (χ0v) is 10.1. The Balaban J connectivity index is 2.02. The van der Waals surface area contributed by atoms with Crippen molar-refractivity contribution in [3.8, 4) is 6.07 Å². The van der Waals surface area contributed by atoms with E-state index in [1.165, 1.54) is 6.08 Å². The minimum absolute atomic E-state index is 0.240. The van der Waals surface area contributed by atoms with Gasteiger partial charge in [-0.25, -0.2) is 0 Å². The molecule has 1 aromatic heterocycles. The Morgan fingerprint density at radius 2 is 2.21 bits per heavy atom. The monoisotopic (exact) mass is 249 g/mol. The van der Waals surface area contributed by atoms with Gasteiger partial charge < -0.3 is 5.32 Å². The number of carbonyl (C=O) groups excluding carboxylic acids is 1. The number of nitriles is 1. The number of nitrogens with one attached hydrogen (secondary N) is 1. The molecule has 0 bridgehead atoms. The van der Waals surface area contributed by atoms with Crippen molar-refractivity contribution < 1.29 is 4.79 Å². The van der Waals surface area contributed by atoms with Crippen LogP contribution in [0.2, 0.25) is 0 Å². The summed E-state index contributed by atoms with van der Waals surface area (Å²) in [6.45, 7) is 0. The lowest BCUT2D eigenvalue weighted by Crippen LogP contribution is -2.07. The van der Waals surface area contributed by atoms with Crippen LogP contribution in [0.15, 0.2) is 54.9 Å². The SMILES string of the molecule is N#Cc1cccc(C=CC(=O)Nc2cccnc2)c1. The minimum Gasteiger partial charge on any atom is -0.321 e. The molecule has 1 heterocycles. The zero-order valence-electron chi connectivity index (χ0n) is 10.1. The summed E-state index contributed by atoms with van der Waals surface area (Å²) in [5, 5.41) is 11.5. The summed E-state index contributed by atoms with van der Waals surface area (Å²) in [5.74, 6) is -0.240. The molecule has 0 fully saturated rings. The average molecular weight is 249 g/mol. The van der Waals surface area contributed by atoms with Gasteiger partial charge in [0.05, 0.1) is 23.5 Å². The molecule has 0 atom stereocenters. The van der Waals surface area contributed by atoms with Crippen molar-refractivity contribution in [1.29, 1.82) is 5.26 Å². The van der Waals surface area contributed by atoms with Crippen LogP contribution in [0.5, 0.6) is 0 Å². The molecule has 0 saturated carbocycles. The van der Waals surface area contributed by atoms with E-state index < -0.39 is 0 Å². The van der Waals surface area contributed by atoms with E-state index in [2.05, 4.69) is 16.4 Å². The highest BCUT2D eigenvalue weighted by molar-refractivity contribution is 6.01. The van der Waals surface area contributed by atoms with E-state index in [9.17, 15) is 4.79 Å². The fourth-order valence-electron chi connectivity index (χ4n) is 1.50. The fraction of sp³-hybridized carbons (Fsp3) is 0. The molecule has 4 nitrogen and oxygen atoms in total. The van der Waals surface area contributed by atoms with E-state index in [0.29, 0.717) is 11.3 Å². The predicted octanol–water partition coefficient (Wildman–Crippen LogP) is 2.61. The van der Waals surface area contributed by atoms with Gasteiger partial charge in [-0.15, -0.1) is 0 Å². The molecule has 19 heavy (non-hydrogen) atoms. The normalized spacial score (nSPS) is 10.1. The van der Waals surface area contributed by atoms with Gasteiger partial charge in [0.25, 0.3) is 0 Å². The Morgan fingerprint density at radius 3 is 2.95 bits per heavy atom. The number of carbonyl (C=O) groups is 1. The summed E-state index contributed by atoms with van der Waals surface area (Å²) >= 11 is 0. The summed E-state index contributed by atoms with van der Waals surface area (Å²) in [4.78, 5) is 15.6. The van der Waals surface area contributed by atoms with Gasteiger partial charge in [0.15, 0.2) is 0 Å². The number of hydrogen-bond acceptors (Lipinski definition) is 3. The van der Waals surface area contributed by atoms with Gasteiger partial charge in [0.1, 0.15) is 0 Å². The van der Waals surface area contributed by atoms with E-state index in [0.717, 1.165) is 5.56 Å². The Kier molecular flexibility index (Phi) is 4.04. The summed E-state index contributed by atoms with van der Waals surface area (Å²) in [6.07, 6.45) is 6.29. The van der Waals surface area contributed by atoms with Gasteiger partial charge in [-0.05, 0) is 35.9 Å². The maximum Gasteiger partial charge on any atom is 0.248 e. The van der Waals surface area contributed by atoms with Crippen molar-refractivity contribution in [2.24, 2.45) is 0 Å². The molecule has 1 N–H and O–H groups in total. The Bertz CT molecular complexity index is 642. The van der Waals surface area contributed by atoms with Crippen LogP contribution in [-0.2, 0) is 4.79 Å². The largest absolute Gasteiger partial charge is 0.321 e. The van der Waals surface area contributed by atoms with Crippen molar-refractivity contribution in [2.75, 3.05) is 5.32 Å². The molecule has 2 rings (SSSR count). The fourth-order valence-corrected chi connectivity index (χ4v) is 1.50. The smallest absolute Gasteiger partial charge is 0.248 e. The lowest BCUT2D eigenvalue weighted by molar-refractivity contribution is -0.111. The first-order valence-electron chi connectivity index (χ1n) is 5.67. The van der Waals surface area contributed by atoms with Gasteiger partial charge in [-0.2, -0.15) is 5.26 Å². The highest BCUT2D eigenvalue weighted by Gasteiger charge is 1.97. The zero-order chi connectivity index (χ0) is 13.5. The molecular weight excluding hydrogens is 238 g/mol. The number of rotatable bonds is 3. The van der Waals surface area contributed by atoms with Crippen molar-refractivity contribution in [3.63, 3.8) is 0 Å². The van der Waals surface area contributed by atoms with E-state index in [1.54, 1.807) is 48.8 Å². The van der Waals surface area contributed by atoms with Crippen LogP contribution in [0.1, 0.15) is 11.1 Å². The summed E-state index contributed by atoms with van der Waals surface area (Å²) < 4.78 is 0. The molecular formula is C15H11N3O. The second-order valence-electron chi connectivity index (χ2n) is 3.80. The number of hydrogen-bond donors (Lipinski definition) is 1. The molecule has 1 aromatic carbocycles. The summed E-state index contributed by atoms with van der Waals surface area (Å²) in [7, 11) is 0. The first-order valence-corrected chi connectivity index (χ1v) is 5.67. The Morgan fingerprint density at radius 1 is 1.32 bits per heavy atom. The minimum atomic E-state index is -0.240. The molecule has 0 aliphatic rings. The third-order valence-electron chi connectivity index (χ3n) is 2.37. The summed E-state index contributed by atoms with van der Waals surface area (Å²) in [6, 6.07) is 12.6. The van der Waals surface area contributed by atoms with Crippen LogP contribution in [0.4, 0.5) is 5.69 Å². The van der Waals surface area contributed by atoms with E-state index in [4.69, 9.17) is 5.26 Å². The second-order valence-corrected chi connectivity index (χ2v) is 3.80. The molecule has 1 amide bonds. The van der Waals surface area contributed by atoms with Crippen LogP contribution in [0, 0.1) is 11.3 Å². The molecule has 0 spiro atoms. The number of amides is 1. The topological polar surface area (TPSA) is 65.8 Å². The first kappa shape index (κ1) is 12.5. The first-order chi connectivity index (χ1) is 9.28. The van der Waals surface area contributed by atoms with Crippen molar-refractivity contribution in [3.05, 3.63) is 66.0 Å². The second kappa shape index (κ2) is 6.12. The average Bonchev–Trinajstić information content (AvgIpc) is 2.46. The van der Waals surface area contributed by atoms with Crippen LogP contribution in [0.25, 0.3) is 6.08 Å². The number of nitrogens with zero attached hydrogens (tertiary/aromatic N) is 2. The van der Waals surface area contributed by atoms with Crippen molar-refractivity contribution >= 4 is 17.7 Å². The van der Waals surface area contributed by atoms with E-state index in [1.807, 2.05) is 6.07 Å². The predicted molar refractivity (Wildman–Crippen MR) is 73.1 cm³/mol. The number of benzene rings is 1. The van der Waals surface area contributed by atoms with Crippen molar-refractivity contribution in [1.82, 2.24) is 4.98 Å². The molecule has 2 aromatic rings. The van der Waals surface area contributed by atoms with E-state index in [-0.39, 0.29) is 5.91 Å². The summed E-state index contributed by atoms with van der Waals surface area (Å²) in [5.41, 5.74) is 2.01. The van der Waals surface area contributed by atoms with Crippen LogP contribution in [0.3, 0.4) is 0 Å². The van der Waals surface area contributed by atoms with Crippen molar-refractivity contribution in [2.45, 2.75) is 0 Å².